The van der Waals surface area contributed by atoms with Gasteiger partial charge in [0.05, 0.1) is 5.69 Å². The highest BCUT2D eigenvalue weighted by atomic mass is 35.5. The number of anilines is 1. The molecule has 78 valence electrons. The molecule has 1 aromatic carbocycles. The lowest BCUT2D eigenvalue weighted by molar-refractivity contribution is 0.600. The van der Waals surface area contributed by atoms with Crippen LogP contribution in [0.5, 0.6) is 0 Å². The van der Waals surface area contributed by atoms with Crippen molar-refractivity contribution < 1.29 is 4.39 Å². The molecule has 0 saturated heterocycles. The predicted molar refractivity (Wildman–Crippen MR) is 59.4 cm³/mol. The average molecular weight is 216 g/mol. The maximum atomic E-state index is 13.2. The van der Waals surface area contributed by atoms with E-state index in [-0.39, 0.29) is 5.82 Å². The van der Waals surface area contributed by atoms with E-state index in [1.54, 1.807) is 12.1 Å². The number of rotatable bonds is 4. The largest absolute Gasteiger partial charge is 0.383 e. The molecule has 14 heavy (non-hydrogen) atoms. The summed E-state index contributed by atoms with van der Waals surface area (Å²) in [6.07, 6.45) is 1.03. The van der Waals surface area contributed by atoms with Gasteiger partial charge < -0.3 is 5.32 Å². The Morgan fingerprint density at radius 2 is 2.14 bits per heavy atom. The number of hydrogen-bond acceptors (Lipinski definition) is 1. The molecule has 0 radical (unpaired) electrons. The molecular formula is C11H15ClFN. The Kier molecular flexibility index (Phi) is 4.21. The molecule has 0 atom stereocenters. The predicted octanol–water partition coefficient (Wildman–Crippen LogP) is 3.94. The maximum Gasteiger partial charge on any atom is 0.147 e. The minimum atomic E-state index is -0.291. The van der Waals surface area contributed by atoms with E-state index in [0.717, 1.165) is 13.0 Å². The summed E-state index contributed by atoms with van der Waals surface area (Å²) in [6.45, 7) is 5.07. The molecule has 0 spiro atoms. The molecular weight excluding hydrogens is 201 g/mol. The van der Waals surface area contributed by atoms with Gasteiger partial charge in [0.1, 0.15) is 5.82 Å². The minimum absolute atomic E-state index is 0.291. The fraction of sp³-hybridized carbons (Fsp3) is 0.455. The Hall–Kier alpha value is -0.760. The Morgan fingerprint density at radius 1 is 1.43 bits per heavy atom. The van der Waals surface area contributed by atoms with Gasteiger partial charge in [0.2, 0.25) is 0 Å². The van der Waals surface area contributed by atoms with Gasteiger partial charge in [0, 0.05) is 11.6 Å². The van der Waals surface area contributed by atoms with Crippen LogP contribution in [0, 0.1) is 11.7 Å². The molecule has 0 aromatic heterocycles. The van der Waals surface area contributed by atoms with Crippen molar-refractivity contribution in [2.75, 3.05) is 11.9 Å². The van der Waals surface area contributed by atoms with Gasteiger partial charge in [0.15, 0.2) is 0 Å². The third-order valence-corrected chi connectivity index (χ3v) is 2.20. The van der Waals surface area contributed by atoms with E-state index in [1.165, 1.54) is 6.07 Å². The Bertz CT molecular complexity index is 299. The monoisotopic (exact) mass is 215 g/mol. The molecule has 1 rings (SSSR count). The highest BCUT2D eigenvalue weighted by Gasteiger charge is 2.02. The molecule has 1 nitrogen and oxygen atoms in total. The third kappa shape index (κ3) is 3.54. The Labute approximate surface area is 89.3 Å². The summed E-state index contributed by atoms with van der Waals surface area (Å²) in [4.78, 5) is 0. The lowest BCUT2D eigenvalue weighted by Crippen LogP contribution is -2.05. The summed E-state index contributed by atoms with van der Waals surface area (Å²) in [7, 11) is 0. The van der Waals surface area contributed by atoms with Crippen LogP contribution in [0.1, 0.15) is 20.3 Å². The normalized spacial score (nSPS) is 10.6. The van der Waals surface area contributed by atoms with Crippen molar-refractivity contribution in [1.82, 2.24) is 0 Å². The van der Waals surface area contributed by atoms with E-state index in [0.29, 0.717) is 16.6 Å². The van der Waals surface area contributed by atoms with Crippen LogP contribution >= 0.6 is 11.6 Å². The average Bonchev–Trinajstić information content (AvgIpc) is 2.08. The summed E-state index contributed by atoms with van der Waals surface area (Å²) in [6, 6.07) is 4.67. The summed E-state index contributed by atoms with van der Waals surface area (Å²) in [5.74, 6) is 0.333. The lowest BCUT2D eigenvalue weighted by atomic mass is 10.1. The first kappa shape index (κ1) is 11.3. The highest BCUT2D eigenvalue weighted by Crippen LogP contribution is 2.18. The van der Waals surface area contributed by atoms with Gasteiger partial charge in [-0.1, -0.05) is 25.4 Å². The zero-order valence-electron chi connectivity index (χ0n) is 8.48. The first-order valence-corrected chi connectivity index (χ1v) is 5.16. The molecule has 0 amide bonds. The smallest absolute Gasteiger partial charge is 0.147 e. The second-order valence-electron chi connectivity index (χ2n) is 3.73. The van der Waals surface area contributed by atoms with E-state index in [1.807, 2.05) is 0 Å². The standard InChI is InChI=1S/C11H15ClFN/c1-8(2)5-6-14-11-4-3-9(12)7-10(11)13/h3-4,7-8,14H,5-6H2,1-2H3. The summed E-state index contributed by atoms with van der Waals surface area (Å²) < 4.78 is 13.2. The van der Waals surface area contributed by atoms with E-state index < -0.39 is 0 Å². The van der Waals surface area contributed by atoms with Crippen molar-refractivity contribution >= 4 is 17.3 Å². The molecule has 0 bridgehead atoms. The quantitative estimate of drug-likeness (QED) is 0.803. The summed E-state index contributed by atoms with van der Waals surface area (Å²) in [5, 5.41) is 3.47. The van der Waals surface area contributed by atoms with Gasteiger partial charge in [-0.05, 0) is 30.5 Å². The van der Waals surface area contributed by atoms with Crippen LogP contribution in [-0.4, -0.2) is 6.54 Å². The van der Waals surface area contributed by atoms with Crippen molar-refractivity contribution in [3.05, 3.63) is 29.0 Å². The van der Waals surface area contributed by atoms with E-state index in [2.05, 4.69) is 19.2 Å². The van der Waals surface area contributed by atoms with Crippen LogP contribution in [0.25, 0.3) is 0 Å². The van der Waals surface area contributed by atoms with Crippen molar-refractivity contribution in [3.63, 3.8) is 0 Å². The molecule has 0 unspecified atom stereocenters. The number of nitrogens with one attached hydrogen (secondary N) is 1. The fourth-order valence-electron chi connectivity index (χ4n) is 1.13. The first-order valence-electron chi connectivity index (χ1n) is 4.78. The van der Waals surface area contributed by atoms with Crippen LogP contribution in [0.15, 0.2) is 18.2 Å². The number of halogens is 2. The Balaban J connectivity index is 2.51. The summed E-state index contributed by atoms with van der Waals surface area (Å²) in [5.41, 5.74) is 0.523. The first-order chi connectivity index (χ1) is 6.59. The van der Waals surface area contributed by atoms with Crippen LogP contribution < -0.4 is 5.32 Å². The van der Waals surface area contributed by atoms with Gasteiger partial charge in [-0.25, -0.2) is 4.39 Å². The number of hydrogen-bond donors (Lipinski definition) is 1. The van der Waals surface area contributed by atoms with Gasteiger partial charge in [-0.15, -0.1) is 0 Å². The second-order valence-corrected chi connectivity index (χ2v) is 4.17. The lowest BCUT2D eigenvalue weighted by Gasteiger charge is -2.09. The van der Waals surface area contributed by atoms with E-state index in [4.69, 9.17) is 11.6 Å². The van der Waals surface area contributed by atoms with Crippen LogP contribution in [0.3, 0.4) is 0 Å². The van der Waals surface area contributed by atoms with Crippen LogP contribution in [-0.2, 0) is 0 Å². The van der Waals surface area contributed by atoms with Crippen molar-refractivity contribution in [2.45, 2.75) is 20.3 Å². The zero-order valence-corrected chi connectivity index (χ0v) is 9.24. The van der Waals surface area contributed by atoms with Crippen molar-refractivity contribution in [3.8, 4) is 0 Å². The zero-order chi connectivity index (χ0) is 10.6. The molecule has 0 aliphatic rings. The fourth-order valence-corrected chi connectivity index (χ4v) is 1.29. The second kappa shape index (κ2) is 5.20. The van der Waals surface area contributed by atoms with Crippen LogP contribution in [0.4, 0.5) is 10.1 Å². The highest BCUT2D eigenvalue weighted by molar-refractivity contribution is 6.30. The summed E-state index contributed by atoms with van der Waals surface area (Å²) >= 11 is 5.63. The minimum Gasteiger partial charge on any atom is -0.383 e. The van der Waals surface area contributed by atoms with Gasteiger partial charge in [-0.2, -0.15) is 0 Å². The maximum absolute atomic E-state index is 13.2. The molecule has 0 aliphatic heterocycles. The molecule has 1 N–H and O–H groups in total. The molecule has 3 heteroatoms. The van der Waals surface area contributed by atoms with Crippen molar-refractivity contribution in [2.24, 2.45) is 5.92 Å². The number of benzene rings is 1. The van der Waals surface area contributed by atoms with Gasteiger partial charge >= 0.3 is 0 Å². The van der Waals surface area contributed by atoms with Crippen molar-refractivity contribution in [1.29, 1.82) is 0 Å². The molecule has 0 fully saturated rings. The molecule has 1 aromatic rings. The third-order valence-electron chi connectivity index (χ3n) is 1.97. The van der Waals surface area contributed by atoms with Gasteiger partial charge in [0.25, 0.3) is 0 Å². The molecule has 0 saturated carbocycles. The van der Waals surface area contributed by atoms with E-state index in [9.17, 15) is 4.39 Å². The van der Waals surface area contributed by atoms with Gasteiger partial charge in [-0.3, -0.25) is 0 Å². The SMILES string of the molecule is CC(C)CCNc1ccc(Cl)cc1F. The topological polar surface area (TPSA) is 12.0 Å². The molecule has 0 heterocycles. The Morgan fingerprint density at radius 3 is 2.71 bits per heavy atom. The molecule has 0 aliphatic carbocycles. The van der Waals surface area contributed by atoms with E-state index >= 15 is 0 Å². The van der Waals surface area contributed by atoms with Crippen LogP contribution in [0.2, 0.25) is 5.02 Å².